The van der Waals surface area contributed by atoms with Crippen LogP contribution in [0.4, 0.5) is 28.9 Å². The number of nitrogens with one attached hydrogen (secondary N) is 2. The van der Waals surface area contributed by atoms with Gasteiger partial charge in [-0.3, -0.25) is 4.79 Å². The lowest BCUT2D eigenvalue weighted by Crippen LogP contribution is -2.32. The summed E-state index contributed by atoms with van der Waals surface area (Å²) in [5.74, 6) is -1.01. The Morgan fingerprint density at radius 3 is 2.32 bits per heavy atom. The van der Waals surface area contributed by atoms with Gasteiger partial charge in [-0.2, -0.15) is 13.2 Å². The second-order valence-corrected chi connectivity index (χ2v) is 4.85. The minimum Gasteiger partial charge on any atom is -0.366 e. The van der Waals surface area contributed by atoms with E-state index in [9.17, 15) is 22.4 Å². The molecule has 7 heteroatoms. The van der Waals surface area contributed by atoms with Gasteiger partial charge < -0.3 is 10.6 Å². The fourth-order valence-corrected chi connectivity index (χ4v) is 2.29. The van der Waals surface area contributed by atoms with Crippen molar-refractivity contribution in [3.63, 3.8) is 0 Å². The Bertz CT molecular complexity index is 725. The van der Waals surface area contributed by atoms with Crippen molar-refractivity contribution < 1.29 is 22.4 Å². The molecule has 2 aromatic rings. The molecule has 1 amide bonds. The number of hydrogen-bond donors (Lipinski definition) is 2. The third kappa shape index (κ3) is 2.49. The van der Waals surface area contributed by atoms with Gasteiger partial charge in [-0.15, -0.1) is 0 Å². The van der Waals surface area contributed by atoms with Crippen LogP contribution in [0.2, 0.25) is 0 Å². The zero-order valence-corrected chi connectivity index (χ0v) is 11.0. The number of halogens is 4. The predicted molar refractivity (Wildman–Crippen MR) is 72.8 cm³/mol. The SMILES string of the molecule is O=C1Nc2cccc(F)c2NC1c1ccc(C(F)(F)F)cc1. The van der Waals surface area contributed by atoms with Gasteiger partial charge in [-0.1, -0.05) is 18.2 Å². The highest BCUT2D eigenvalue weighted by molar-refractivity contribution is 6.03. The molecule has 3 rings (SSSR count). The van der Waals surface area contributed by atoms with Crippen molar-refractivity contribution in [1.82, 2.24) is 0 Å². The standard InChI is InChI=1S/C15H10F4N2O/c16-10-2-1-3-11-13(10)21-12(14(22)20-11)8-4-6-9(7-5-8)15(17,18)19/h1-7,12,21H,(H,20,22). The lowest BCUT2D eigenvalue weighted by molar-refractivity contribution is -0.137. The van der Waals surface area contributed by atoms with Gasteiger partial charge in [-0.25, -0.2) is 4.39 Å². The van der Waals surface area contributed by atoms with E-state index in [0.29, 0.717) is 11.3 Å². The first-order chi connectivity index (χ1) is 10.4. The van der Waals surface area contributed by atoms with Crippen molar-refractivity contribution in [3.05, 3.63) is 59.4 Å². The van der Waals surface area contributed by atoms with E-state index in [2.05, 4.69) is 10.6 Å². The highest BCUT2D eigenvalue weighted by Gasteiger charge is 2.32. The Labute approximate surface area is 123 Å². The van der Waals surface area contributed by atoms with Gasteiger partial charge in [0.2, 0.25) is 0 Å². The van der Waals surface area contributed by atoms with Crippen LogP contribution in [0.3, 0.4) is 0 Å². The summed E-state index contributed by atoms with van der Waals surface area (Å²) < 4.78 is 51.4. The third-order valence-corrected chi connectivity index (χ3v) is 3.39. The minimum atomic E-state index is -4.44. The summed E-state index contributed by atoms with van der Waals surface area (Å²) in [7, 11) is 0. The molecule has 1 aliphatic rings. The van der Waals surface area contributed by atoms with Gasteiger partial charge >= 0.3 is 6.18 Å². The topological polar surface area (TPSA) is 41.1 Å². The van der Waals surface area contributed by atoms with Crippen molar-refractivity contribution in [2.45, 2.75) is 12.2 Å². The number of rotatable bonds is 1. The molecule has 1 heterocycles. The molecule has 0 saturated heterocycles. The van der Waals surface area contributed by atoms with E-state index < -0.39 is 29.5 Å². The van der Waals surface area contributed by atoms with Crippen molar-refractivity contribution in [2.24, 2.45) is 0 Å². The maximum Gasteiger partial charge on any atom is 0.416 e. The predicted octanol–water partition coefficient (Wildman–Crippen LogP) is 3.95. The first-order valence-electron chi connectivity index (χ1n) is 6.39. The number of alkyl halides is 3. The molecule has 0 aliphatic carbocycles. The van der Waals surface area contributed by atoms with E-state index in [1.807, 2.05) is 0 Å². The molecule has 1 atom stereocenters. The van der Waals surface area contributed by atoms with E-state index in [1.165, 1.54) is 30.3 Å². The van der Waals surface area contributed by atoms with Crippen molar-refractivity contribution >= 4 is 17.3 Å². The summed E-state index contributed by atoms with van der Waals surface area (Å²) in [6, 6.07) is 7.44. The van der Waals surface area contributed by atoms with Crippen LogP contribution in [0, 0.1) is 5.82 Å². The van der Waals surface area contributed by atoms with Crippen molar-refractivity contribution in [2.75, 3.05) is 10.6 Å². The summed E-state index contributed by atoms with van der Waals surface area (Å²) in [6.07, 6.45) is -4.44. The molecule has 0 radical (unpaired) electrons. The maximum atomic E-state index is 13.7. The lowest BCUT2D eigenvalue weighted by Gasteiger charge is -2.27. The molecule has 1 aliphatic heterocycles. The van der Waals surface area contributed by atoms with Gasteiger partial charge in [0.15, 0.2) is 0 Å². The smallest absolute Gasteiger partial charge is 0.366 e. The van der Waals surface area contributed by atoms with Crippen LogP contribution in [-0.2, 0) is 11.0 Å². The third-order valence-electron chi connectivity index (χ3n) is 3.39. The van der Waals surface area contributed by atoms with Crippen LogP contribution in [0.15, 0.2) is 42.5 Å². The Morgan fingerprint density at radius 1 is 1.00 bits per heavy atom. The lowest BCUT2D eigenvalue weighted by atomic mass is 10.0. The molecule has 0 saturated carbocycles. The average molecular weight is 310 g/mol. The van der Waals surface area contributed by atoms with Gasteiger partial charge in [0.05, 0.1) is 16.9 Å². The van der Waals surface area contributed by atoms with Gasteiger partial charge in [0.1, 0.15) is 11.9 Å². The first kappa shape index (κ1) is 14.4. The van der Waals surface area contributed by atoms with Crippen LogP contribution in [0.5, 0.6) is 0 Å². The molecule has 2 N–H and O–H groups in total. The summed E-state index contributed by atoms with van der Waals surface area (Å²) in [5, 5.41) is 5.25. The van der Waals surface area contributed by atoms with Crippen LogP contribution < -0.4 is 10.6 Å². The number of carbonyl (C=O) groups is 1. The normalized spacial score (nSPS) is 17.5. The number of carbonyl (C=O) groups excluding carboxylic acids is 1. The van der Waals surface area contributed by atoms with Crippen molar-refractivity contribution in [1.29, 1.82) is 0 Å². The molecule has 114 valence electrons. The number of fused-ring (bicyclic) bond motifs is 1. The zero-order chi connectivity index (χ0) is 15.9. The average Bonchev–Trinajstić information content (AvgIpc) is 2.46. The fourth-order valence-electron chi connectivity index (χ4n) is 2.29. The highest BCUT2D eigenvalue weighted by Crippen LogP contribution is 2.35. The molecule has 0 aromatic heterocycles. The molecular formula is C15H10F4N2O. The van der Waals surface area contributed by atoms with E-state index in [4.69, 9.17) is 0 Å². The Hall–Kier alpha value is -2.57. The number of hydrogen-bond acceptors (Lipinski definition) is 2. The molecule has 0 bridgehead atoms. The van der Waals surface area contributed by atoms with E-state index in [1.54, 1.807) is 0 Å². The molecule has 3 nitrogen and oxygen atoms in total. The van der Waals surface area contributed by atoms with E-state index in [0.717, 1.165) is 12.1 Å². The molecule has 0 spiro atoms. The van der Waals surface area contributed by atoms with Crippen LogP contribution >= 0.6 is 0 Å². The highest BCUT2D eigenvalue weighted by atomic mass is 19.4. The number of amides is 1. The molecule has 0 fully saturated rings. The molecule has 1 unspecified atom stereocenters. The fraction of sp³-hybridized carbons (Fsp3) is 0.133. The summed E-state index contributed by atoms with van der Waals surface area (Å²) in [6.45, 7) is 0. The van der Waals surface area contributed by atoms with Crippen molar-refractivity contribution in [3.8, 4) is 0 Å². The number of benzene rings is 2. The summed E-state index contributed by atoms with van der Waals surface area (Å²) in [5.41, 5.74) is -0.0707. The Balaban J connectivity index is 1.93. The number of para-hydroxylation sites is 1. The molecular weight excluding hydrogens is 300 g/mol. The Kier molecular flexibility index (Phi) is 3.27. The van der Waals surface area contributed by atoms with Crippen LogP contribution in [0.25, 0.3) is 0 Å². The summed E-state index contributed by atoms with van der Waals surface area (Å²) >= 11 is 0. The zero-order valence-electron chi connectivity index (χ0n) is 11.0. The molecule has 2 aromatic carbocycles. The Morgan fingerprint density at radius 2 is 1.68 bits per heavy atom. The van der Waals surface area contributed by atoms with Gasteiger partial charge in [0.25, 0.3) is 5.91 Å². The quantitative estimate of drug-likeness (QED) is 0.783. The number of anilines is 2. The second-order valence-electron chi connectivity index (χ2n) is 4.85. The van der Waals surface area contributed by atoms with Gasteiger partial charge in [-0.05, 0) is 29.8 Å². The van der Waals surface area contributed by atoms with Gasteiger partial charge in [0, 0.05) is 0 Å². The van der Waals surface area contributed by atoms with Crippen LogP contribution in [0.1, 0.15) is 17.2 Å². The first-order valence-corrected chi connectivity index (χ1v) is 6.39. The maximum absolute atomic E-state index is 13.7. The van der Waals surface area contributed by atoms with E-state index in [-0.39, 0.29) is 5.69 Å². The van der Waals surface area contributed by atoms with E-state index >= 15 is 0 Å². The second kappa shape index (κ2) is 5.01. The summed E-state index contributed by atoms with van der Waals surface area (Å²) in [4.78, 5) is 12.0. The largest absolute Gasteiger partial charge is 0.416 e. The molecule has 22 heavy (non-hydrogen) atoms. The minimum absolute atomic E-state index is 0.118. The van der Waals surface area contributed by atoms with Crippen LogP contribution in [-0.4, -0.2) is 5.91 Å². The monoisotopic (exact) mass is 310 g/mol.